The van der Waals surface area contributed by atoms with Crippen molar-refractivity contribution in [2.24, 2.45) is 0 Å². The van der Waals surface area contributed by atoms with E-state index in [1.807, 2.05) is 5.38 Å². The van der Waals surface area contributed by atoms with E-state index >= 15 is 0 Å². The van der Waals surface area contributed by atoms with Crippen molar-refractivity contribution in [1.82, 2.24) is 5.32 Å². The smallest absolute Gasteiger partial charge is 0.333 e. The van der Waals surface area contributed by atoms with Crippen molar-refractivity contribution in [3.8, 4) is 0 Å². The minimum Gasteiger partial charge on any atom is -0.333 e. The van der Waals surface area contributed by atoms with Crippen LogP contribution in [0.25, 0.3) is 0 Å². The molecule has 0 radical (unpaired) electrons. The Kier molecular flexibility index (Phi) is 5.62. The van der Waals surface area contributed by atoms with Gasteiger partial charge in [0.25, 0.3) is 0 Å². The van der Waals surface area contributed by atoms with Crippen LogP contribution in [0.2, 0.25) is 0 Å². The zero-order valence-electron chi connectivity index (χ0n) is 13.7. The lowest BCUT2D eigenvalue weighted by molar-refractivity contribution is -0.137. The van der Waals surface area contributed by atoms with Gasteiger partial charge in [-0.25, -0.2) is 4.79 Å². The first kappa shape index (κ1) is 19.1. The number of carbonyl (C=O) groups is 2. The molecule has 0 unspecified atom stereocenters. The maximum absolute atomic E-state index is 12.7. The van der Waals surface area contributed by atoms with Crippen molar-refractivity contribution in [1.29, 1.82) is 0 Å². The number of nitrogens with one attached hydrogen (secondary N) is 2. The number of urea groups is 1. The van der Waals surface area contributed by atoms with Crippen LogP contribution in [0.4, 0.5) is 23.7 Å². The van der Waals surface area contributed by atoms with Gasteiger partial charge in [0.2, 0.25) is 5.78 Å². The van der Waals surface area contributed by atoms with Crippen LogP contribution in [-0.2, 0) is 12.7 Å². The number of amides is 2. The molecule has 0 spiro atoms. The Bertz CT molecular complexity index is 950. The van der Waals surface area contributed by atoms with Gasteiger partial charge in [-0.05, 0) is 41.8 Å². The van der Waals surface area contributed by atoms with Crippen LogP contribution in [0.15, 0.2) is 53.2 Å². The lowest BCUT2D eigenvalue weighted by Crippen LogP contribution is -2.28. The molecule has 27 heavy (non-hydrogen) atoms. The number of ketones is 1. The first-order chi connectivity index (χ1) is 12.8. The van der Waals surface area contributed by atoms with Crippen molar-refractivity contribution < 1.29 is 22.8 Å². The third-order valence-electron chi connectivity index (χ3n) is 3.54. The molecule has 0 aliphatic rings. The SMILES string of the molecule is O=C(NCc1ccc(C(=O)c2ccsc2)s1)Nc1cccc(C(F)(F)F)c1. The summed E-state index contributed by atoms with van der Waals surface area (Å²) in [6.45, 7) is 0.159. The Labute approximate surface area is 160 Å². The second-order valence-corrected chi connectivity index (χ2v) is 7.44. The maximum atomic E-state index is 12.7. The fourth-order valence-corrected chi connectivity index (χ4v) is 3.79. The van der Waals surface area contributed by atoms with Gasteiger partial charge in [-0.3, -0.25) is 4.79 Å². The number of hydrogen-bond acceptors (Lipinski definition) is 4. The average molecular weight is 410 g/mol. The number of rotatable bonds is 5. The number of halogens is 3. The molecule has 0 saturated heterocycles. The van der Waals surface area contributed by atoms with Gasteiger partial charge < -0.3 is 10.6 Å². The summed E-state index contributed by atoms with van der Waals surface area (Å²) in [6, 6.07) is 8.92. The molecule has 4 nitrogen and oxygen atoms in total. The summed E-state index contributed by atoms with van der Waals surface area (Å²) < 4.78 is 38.1. The second-order valence-electron chi connectivity index (χ2n) is 5.49. The minimum atomic E-state index is -4.48. The van der Waals surface area contributed by atoms with Crippen LogP contribution in [0, 0.1) is 0 Å². The van der Waals surface area contributed by atoms with E-state index in [2.05, 4.69) is 10.6 Å². The van der Waals surface area contributed by atoms with Gasteiger partial charge in [-0.1, -0.05) is 6.07 Å². The van der Waals surface area contributed by atoms with E-state index in [9.17, 15) is 22.8 Å². The van der Waals surface area contributed by atoms with Gasteiger partial charge in [0.15, 0.2) is 0 Å². The van der Waals surface area contributed by atoms with Gasteiger partial charge in [-0.15, -0.1) is 11.3 Å². The summed E-state index contributed by atoms with van der Waals surface area (Å²) in [6.07, 6.45) is -4.48. The third kappa shape index (κ3) is 4.95. The monoisotopic (exact) mass is 410 g/mol. The van der Waals surface area contributed by atoms with E-state index in [4.69, 9.17) is 0 Å². The minimum absolute atomic E-state index is 0.0434. The van der Waals surface area contributed by atoms with Crippen molar-refractivity contribution >= 4 is 40.2 Å². The first-order valence-electron chi connectivity index (χ1n) is 7.70. The maximum Gasteiger partial charge on any atom is 0.416 e. The van der Waals surface area contributed by atoms with E-state index in [-0.39, 0.29) is 18.0 Å². The standard InChI is InChI=1S/C18H13F3N2O2S2/c19-18(20,21)12-2-1-3-13(8-12)23-17(25)22-9-14-4-5-15(27-14)16(24)11-6-7-26-10-11/h1-8,10H,9H2,(H2,22,23,25). The quantitative estimate of drug-likeness (QED) is 0.555. The Balaban J connectivity index is 1.56. The van der Waals surface area contributed by atoms with Crippen LogP contribution < -0.4 is 10.6 Å². The fourth-order valence-electron chi connectivity index (χ4n) is 2.25. The number of anilines is 1. The molecule has 3 aromatic rings. The molecule has 9 heteroatoms. The van der Waals surface area contributed by atoms with Crippen molar-refractivity contribution in [3.63, 3.8) is 0 Å². The Hall–Kier alpha value is -2.65. The molecule has 0 aliphatic carbocycles. The Morgan fingerprint density at radius 2 is 1.89 bits per heavy atom. The number of carbonyl (C=O) groups excluding carboxylic acids is 2. The predicted octanol–water partition coefficient (Wildman–Crippen LogP) is 5.38. The Morgan fingerprint density at radius 3 is 2.59 bits per heavy atom. The van der Waals surface area contributed by atoms with Gasteiger partial charge in [0.1, 0.15) is 0 Å². The van der Waals surface area contributed by atoms with E-state index < -0.39 is 17.8 Å². The van der Waals surface area contributed by atoms with Gasteiger partial charge in [0, 0.05) is 21.5 Å². The van der Waals surface area contributed by atoms with Crippen LogP contribution >= 0.6 is 22.7 Å². The Morgan fingerprint density at radius 1 is 1.07 bits per heavy atom. The van der Waals surface area contributed by atoms with E-state index in [0.717, 1.165) is 17.0 Å². The van der Waals surface area contributed by atoms with Crippen LogP contribution in [0.1, 0.15) is 25.7 Å². The lowest BCUT2D eigenvalue weighted by atomic mass is 10.2. The molecular weight excluding hydrogens is 397 g/mol. The molecule has 2 aromatic heterocycles. The summed E-state index contributed by atoms with van der Waals surface area (Å²) in [7, 11) is 0. The zero-order chi connectivity index (χ0) is 19.4. The molecule has 0 saturated carbocycles. The lowest BCUT2D eigenvalue weighted by Gasteiger charge is -2.10. The molecule has 0 atom stereocenters. The van der Waals surface area contributed by atoms with Gasteiger partial charge in [-0.2, -0.15) is 24.5 Å². The zero-order valence-corrected chi connectivity index (χ0v) is 15.3. The molecule has 2 amide bonds. The average Bonchev–Trinajstić information content (AvgIpc) is 3.31. The van der Waals surface area contributed by atoms with Crippen LogP contribution in [0.5, 0.6) is 0 Å². The van der Waals surface area contributed by atoms with Gasteiger partial charge >= 0.3 is 12.2 Å². The van der Waals surface area contributed by atoms with Gasteiger partial charge in [0.05, 0.1) is 17.0 Å². The highest BCUT2D eigenvalue weighted by Crippen LogP contribution is 2.30. The van der Waals surface area contributed by atoms with E-state index in [1.165, 1.54) is 34.8 Å². The first-order valence-corrected chi connectivity index (χ1v) is 9.46. The summed E-state index contributed by atoms with van der Waals surface area (Å²) >= 11 is 2.69. The molecule has 0 bridgehead atoms. The van der Waals surface area contributed by atoms with Crippen LogP contribution in [0.3, 0.4) is 0 Å². The van der Waals surface area contributed by atoms with Crippen LogP contribution in [-0.4, -0.2) is 11.8 Å². The summed E-state index contributed by atoms with van der Waals surface area (Å²) in [4.78, 5) is 25.5. The molecule has 3 rings (SSSR count). The second kappa shape index (κ2) is 7.93. The molecule has 0 fully saturated rings. The summed E-state index contributed by atoms with van der Waals surface area (Å²) in [5.41, 5.74) is -0.180. The largest absolute Gasteiger partial charge is 0.416 e. The molecule has 2 N–H and O–H groups in total. The molecule has 2 heterocycles. The number of alkyl halides is 3. The number of hydrogen-bond donors (Lipinski definition) is 2. The summed E-state index contributed by atoms with van der Waals surface area (Å²) in [5.74, 6) is -0.0825. The third-order valence-corrected chi connectivity index (χ3v) is 5.31. The number of thiophene rings is 2. The van der Waals surface area contributed by atoms with Crippen molar-refractivity contribution in [2.75, 3.05) is 5.32 Å². The molecule has 1 aromatic carbocycles. The van der Waals surface area contributed by atoms with Crippen molar-refractivity contribution in [2.45, 2.75) is 12.7 Å². The molecule has 140 valence electrons. The molecular formula is C18H13F3N2O2S2. The number of benzene rings is 1. The van der Waals surface area contributed by atoms with E-state index in [1.54, 1.807) is 23.6 Å². The highest BCUT2D eigenvalue weighted by atomic mass is 32.1. The topological polar surface area (TPSA) is 58.2 Å². The van der Waals surface area contributed by atoms with E-state index in [0.29, 0.717) is 10.4 Å². The summed E-state index contributed by atoms with van der Waals surface area (Å²) in [5, 5.41) is 8.52. The fraction of sp³-hybridized carbons (Fsp3) is 0.111. The highest BCUT2D eigenvalue weighted by molar-refractivity contribution is 7.14. The molecule has 0 aliphatic heterocycles. The normalized spacial score (nSPS) is 11.2. The van der Waals surface area contributed by atoms with Crippen molar-refractivity contribution in [3.05, 3.63) is 74.1 Å². The highest BCUT2D eigenvalue weighted by Gasteiger charge is 2.30. The predicted molar refractivity (Wildman–Crippen MR) is 99.4 cm³/mol.